The zero-order valence-corrected chi connectivity index (χ0v) is 14.2. The largest absolute Gasteiger partial charge is 0.396 e. The first-order valence-electron chi connectivity index (χ1n) is 6.96. The van der Waals surface area contributed by atoms with Crippen LogP contribution in [0.3, 0.4) is 0 Å². The number of benzene rings is 1. The molecule has 23 heavy (non-hydrogen) atoms. The van der Waals surface area contributed by atoms with Crippen LogP contribution in [0.15, 0.2) is 22.7 Å². The van der Waals surface area contributed by atoms with Gasteiger partial charge in [0.2, 0.25) is 5.91 Å². The van der Waals surface area contributed by atoms with Crippen LogP contribution in [0.5, 0.6) is 0 Å². The molecule has 0 saturated carbocycles. The Balaban J connectivity index is 2.61. The second kappa shape index (κ2) is 6.41. The number of aliphatic hydroxyl groups excluding tert-OH is 1. The summed E-state index contributed by atoms with van der Waals surface area (Å²) < 4.78 is 47.6. The number of rotatable bonds is 4. The molecule has 1 aromatic rings. The van der Waals surface area contributed by atoms with Gasteiger partial charge in [-0.25, -0.2) is 13.2 Å². The fraction of sp³-hybridized carbons (Fsp3) is 0.533. The van der Waals surface area contributed by atoms with Crippen LogP contribution in [0.25, 0.3) is 0 Å². The van der Waals surface area contributed by atoms with Crippen LogP contribution in [-0.4, -0.2) is 36.3 Å². The van der Waals surface area contributed by atoms with Gasteiger partial charge in [-0.15, -0.1) is 0 Å². The smallest absolute Gasteiger partial charge is 0.271 e. The average Bonchev–Trinajstić information content (AvgIpc) is 2.80. The summed E-state index contributed by atoms with van der Waals surface area (Å²) in [7, 11) is 0. The van der Waals surface area contributed by atoms with Crippen molar-refractivity contribution in [2.75, 3.05) is 13.2 Å². The quantitative estimate of drug-likeness (QED) is 0.823. The van der Waals surface area contributed by atoms with Crippen molar-refractivity contribution in [1.82, 2.24) is 5.32 Å². The molecule has 0 bridgehead atoms. The van der Waals surface area contributed by atoms with Gasteiger partial charge in [0, 0.05) is 29.8 Å². The third kappa shape index (κ3) is 3.39. The highest BCUT2D eigenvalue weighted by molar-refractivity contribution is 9.10. The molecule has 0 aliphatic carbocycles. The molecular formula is C15H17BrF3NO3. The Bertz CT molecular complexity index is 608. The summed E-state index contributed by atoms with van der Waals surface area (Å²) in [6, 6.07) is 4.01. The van der Waals surface area contributed by atoms with Crippen molar-refractivity contribution in [2.45, 2.75) is 31.4 Å². The third-order valence-corrected chi connectivity index (χ3v) is 4.49. The molecule has 2 rings (SSSR count). The summed E-state index contributed by atoms with van der Waals surface area (Å²) in [5, 5.41) is 12.2. The number of hydrogen-bond donors (Lipinski definition) is 2. The topological polar surface area (TPSA) is 58.6 Å². The second-order valence-electron chi connectivity index (χ2n) is 5.75. The van der Waals surface area contributed by atoms with Crippen molar-refractivity contribution in [1.29, 1.82) is 0 Å². The molecule has 1 amide bonds. The summed E-state index contributed by atoms with van der Waals surface area (Å²) in [6.45, 7) is 0.810. The maximum absolute atomic E-state index is 14.4. The number of nitrogens with one attached hydrogen (secondary N) is 1. The lowest BCUT2D eigenvalue weighted by Gasteiger charge is -2.36. The molecule has 2 N–H and O–H groups in total. The van der Waals surface area contributed by atoms with E-state index in [0.29, 0.717) is 11.4 Å². The maximum Gasteiger partial charge on any atom is 0.271 e. The van der Waals surface area contributed by atoms with E-state index in [4.69, 9.17) is 4.74 Å². The molecule has 0 radical (unpaired) electrons. The van der Waals surface area contributed by atoms with Gasteiger partial charge in [0.15, 0.2) is 0 Å². The van der Waals surface area contributed by atoms with Gasteiger partial charge in [0.25, 0.3) is 5.92 Å². The van der Waals surface area contributed by atoms with E-state index in [0.717, 1.165) is 6.07 Å². The van der Waals surface area contributed by atoms with E-state index in [2.05, 4.69) is 21.2 Å². The number of carbonyl (C=O) groups is 1. The van der Waals surface area contributed by atoms with E-state index >= 15 is 0 Å². The van der Waals surface area contributed by atoms with Crippen LogP contribution in [0.1, 0.15) is 19.4 Å². The van der Waals surface area contributed by atoms with E-state index in [1.54, 1.807) is 0 Å². The molecule has 0 unspecified atom stereocenters. The Labute approximate surface area is 140 Å². The first-order chi connectivity index (χ1) is 10.6. The fourth-order valence-corrected chi connectivity index (χ4v) is 3.44. The lowest BCUT2D eigenvalue weighted by Crippen LogP contribution is -2.54. The molecule has 1 aliphatic heterocycles. The summed E-state index contributed by atoms with van der Waals surface area (Å²) in [5.41, 5.74) is -1.58. The van der Waals surface area contributed by atoms with Crippen LogP contribution in [0.2, 0.25) is 0 Å². The number of aliphatic hydroxyl groups is 1. The molecule has 0 spiro atoms. The van der Waals surface area contributed by atoms with Gasteiger partial charge < -0.3 is 15.2 Å². The highest BCUT2D eigenvalue weighted by Crippen LogP contribution is 2.45. The summed E-state index contributed by atoms with van der Waals surface area (Å²) >= 11 is 3.20. The molecule has 8 heteroatoms. The molecule has 1 aromatic carbocycles. The van der Waals surface area contributed by atoms with Gasteiger partial charge in [0.1, 0.15) is 11.9 Å². The van der Waals surface area contributed by atoms with Gasteiger partial charge in [-0.2, -0.15) is 0 Å². The minimum absolute atomic E-state index is 0.00660. The Morgan fingerprint density at radius 3 is 2.74 bits per heavy atom. The SMILES string of the molecule is CC(=O)N[C@@]1(c2cc(Br)ccc2F)CO[C@H](C(C)(F)F)[C@H]1CO. The Morgan fingerprint density at radius 2 is 2.22 bits per heavy atom. The number of halogens is 4. The van der Waals surface area contributed by atoms with Crippen molar-refractivity contribution < 1.29 is 27.8 Å². The Kier molecular flexibility index (Phi) is 5.08. The third-order valence-electron chi connectivity index (χ3n) is 3.99. The summed E-state index contributed by atoms with van der Waals surface area (Å²) in [6.07, 6.45) is -1.64. The van der Waals surface area contributed by atoms with Gasteiger partial charge in [-0.05, 0) is 18.2 Å². The van der Waals surface area contributed by atoms with E-state index < -0.39 is 41.8 Å². The zero-order chi connectivity index (χ0) is 17.4. The molecule has 4 nitrogen and oxygen atoms in total. The van der Waals surface area contributed by atoms with Crippen molar-refractivity contribution in [3.05, 3.63) is 34.1 Å². The zero-order valence-electron chi connectivity index (χ0n) is 12.6. The van der Waals surface area contributed by atoms with Gasteiger partial charge in [-0.1, -0.05) is 15.9 Å². The Hall–Kier alpha value is -1.12. The van der Waals surface area contributed by atoms with Crippen LogP contribution in [-0.2, 0) is 15.1 Å². The molecule has 3 atom stereocenters. The van der Waals surface area contributed by atoms with Crippen molar-refractivity contribution in [2.24, 2.45) is 5.92 Å². The minimum Gasteiger partial charge on any atom is -0.396 e. The number of alkyl halides is 2. The first kappa shape index (κ1) is 18.2. The van der Waals surface area contributed by atoms with Crippen LogP contribution in [0, 0.1) is 11.7 Å². The van der Waals surface area contributed by atoms with E-state index in [1.807, 2.05) is 0 Å². The normalized spacial score (nSPS) is 28.0. The highest BCUT2D eigenvalue weighted by Gasteiger charge is 2.58. The fourth-order valence-electron chi connectivity index (χ4n) is 3.08. The molecular weight excluding hydrogens is 379 g/mol. The van der Waals surface area contributed by atoms with Crippen molar-refractivity contribution in [3.8, 4) is 0 Å². The molecule has 128 valence electrons. The molecule has 1 fully saturated rings. The van der Waals surface area contributed by atoms with Gasteiger partial charge in [0.05, 0.1) is 18.8 Å². The van der Waals surface area contributed by atoms with Crippen LogP contribution >= 0.6 is 15.9 Å². The minimum atomic E-state index is -3.25. The van der Waals surface area contributed by atoms with E-state index in [-0.39, 0.29) is 12.2 Å². The number of carbonyl (C=O) groups excluding carboxylic acids is 1. The van der Waals surface area contributed by atoms with E-state index in [9.17, 15) is 23.1 Å². The standard InChI is InChI=1S/C15H17BrF3NO3/c1-8(22)20-15(10-5-9(16)3-4-12(10)17)7-23-13(11(15)6-21)14(2,18)19/h3-5,11,13,21H,6-7H2,1-2H3,(H,20,22)/t11-,13+,15-/m1/s1. The first-order valence-corrected chi connectivity index (χ1v) is 7.75. The van der Waals surface area contributed by atoms with E-state index in [1.165, 1.54) is 19.1 Å². The molecule has 1 heterocycles. The van der Waals surface area contributed by atoms with Gasteiger partial charge >= 0.3 is 0 Å². The number of hydrogen-bond acceptors (Lipinski definition) is 3. The van der Waals surface area contributed by atoms with Crippen molar-refractivity contribution >= 4 is 21.8 Å². The number of ether oxygens (including phenoxy) is 1. The van der Waals surface area contributed by atoms with Crippen LogP contribution < -0.4 is 5.32 Å². The average molecular weight is 396 g/mol. The maximum atomic E-state index is 14.4. The van der Waals surface area contributed by atoms with Crippen LogP contribution in [0.4, 0.5) is 13.2 Å². The molecule has 1 aliphatic rings. The summed E-state index contributed by atoms with van der Waals surface area (Å²) in [5.74, 6) is -5.67. The summed E-state index contributed by atoms with van der Waals surface area (Å²) in [4.78, 5) is 11.6. The molecule has 0 aromatic heterocycles. The second-order valence-corrected chi connectivity index (χ2v) is 6.67. The molecule has 1 saturated heterocycles. The highest BCUT2D eigenvalue weighted by atomic mass is 79.9. The predicted molar refractivity (Wildman–Crippen MR) is 80.5 cm³/mol. The predicted octanol–water partition coefficient (Wildman–Crippen LogP) is 2.58. The monoisotopic (exact) mass is 395 g/mol. The lowest BCUT2D eigenvalue weighted by molar-refractivity contribution is -0.124. The van der Waals surface area contributed by atoms with Gasteiger partial charge in [-0.3, -0.25) is 4.79 Å². The Morgan fingerprint density at radius 1 is 1.57 bits per heavy atom. The van der Waals surface area contributed by atoms with Crippen molar-refractivity contribution in [3.63, 3.8) is 0 Å². The number of amides is 1. The lowest BCUT2D eigenvalue weighted by atomic mass is 9.76.